The van der Waals surface area contributed by atoms with Crippen LogP contribution < -0.4 is 0 Å². The minimum Gasteiger partial charge on any atom is -0.480 e. The molecule has 0 spiro atoms. The van der Waals surface area contributed by atoms with Gasteiger partial charge in [-0.25, -0.2) is 0 Å². The second-order valence-corrected chi connectivity index (χ2v) is 5.68. The molecule has 0 fully saturated rings. The number of carbonyl (C=O) groups is 3. The average Bonchev–Trinajstić information content (AvgIpc) is 2.76. The Morgan fingerprint density at radius 3 is 2.17 bits per heavy atom. The normalized spacial score (nSPS) is 13.2. The van der Waals surface area contributed by atoms with Gasteiger partial charge in [-0.05, 0) is 44.5 Å². The van der Waals surface area contributed by atoms with E-state index < -0.39 is 5.97 Å². The summed E-state index contributed by atoms with van der Waals surface area (Å²) in [6.07, 6.45) is 2.32. The molecular formula is C17H23ClN2O4. The number of benzene rings is 1. The number of unbranched alkanes of at least 4 members (excludes halogenated alkanes) is 1. The minimum absolute atomic E-state index is 0. The zero-order valence-electron chi connectivity index (χ0n) is 13.7. The molecule has 0 radical (unpaired) electrons. The lowest BCUT2D eigenvalue weighted by Gasteiger charge is -2.20. The van der Waals surface area contributed by atoms with Gasteiger partial charge in [0.05, 0.1) is 17.7 Å². The van der Waals surface area contributed by atoms with Gasteiger partial charge in [0.25, 0.3) is 11.8 Å². The smallest absolute Gasteiger partial charge is 0.317 e. The van der Waals surface area contributed by atoms with Crippen molar-refractivity contribution in [1.82, 2.24) is 9.80 Å². The third-order valence-electron chi connectivity index (χ3n) is 3.88. The lowest BCUT2D eigenvalue weighted by atomic mass is 10.1. The molecule has 0 atom stereocenters. The molecule has 0 aromatic heterocycles. The van der Waals surface area contributed by atoms with Crippen LogP contribution >= 0.6 is 12.4 Å². The van der Waals surface area contributed by atoms with Gasteiger partial charge >= 0.3 is 5.97 Å². The highest BCUT2D eigenvalue weighted by Gasteiger charge is 2.34. The van der Waals surface area contributed by atoms with E-state index in [1.165, 1.54) is 4.90 Å². The minimum atomic E-state index is -0.834. The number of halogens is 1. The van der Waals surface area contributed by atoms with Crippen molar-refractivity contribution in [2.24, 2.45) is 0 Å². The van der Waals surface area contributed by atoms with Crippen LogP contribution in [0.3, 0.4) is 0 Å². The lowest BCUT2D eigenvalue weighted by Crippen LogP contribution is -2.33. The number of amides is 2. The van der Waals surface area contributed by atoms with Crippen LogP contribution in [-0.2, 0) is 4.79 Å². The van der Waals surface area contributed by atoms with Gasteiger partial charge in [0.2, 0.25) is 0 Å². The summed E-state index contributed by atoms with van der Waals surface area (Å²) in [6.45, 7) is 3.80. The molecule has 1 aliphatic heterocycles. The Morgan fingerprint density at radius 1 is 1.08 bits per heavy atom. The van der Waals surface area contributed by atoms with Gasteiger partial charge in [-0.15, -0.1) is 12.4 Å². The molecule has 1 N–H and O–H groups in total. The molecule has 0 unspecified atom stereocenters. The van der Waals surface area contributed by atoms with Crippen LogP contribution in [0.25, 0.3) is 0 Å². The maximum atomic E-state index is 12.2. The lowest BCUT2D eigenvalue weighted by molar-refractivity contribution is -0.138. The first-order chi connectivity index (χ1) is 11.0. The van der Waals surface area contributed by atoms with Crippen LogP contribution in [0.15, 0.2) is 24.3 Å². The van der Waals surface area contributed by atoms with E-state index in [4.69, 9.17) is 5.11 Å². The molecule has 2 rings (SSSR count). The van der Waals surface area contributed by atoms with Gasteiger partial charge in [0.15, 0.2) is 0 Å². The maximum absolute atomic E-state index is 12.2. The molecule has 1 aromatic carbocycles. The summed E-state index contributed by atoms with van der Waals surface area (Å²) < 4.78 is 0. The number of hydrogen-bond donors (Lipinski definition) is 1. The third kappa shape index (κ3) is 4.79. The predicted octanol–water partition coefficient (Wildman–Crippen LogP) is 2.28. The summed E-state index contributed by atoms with van der Waals surface area (Å²) >= 11 is 0. The van der Waals surface area contributed by atoms with Crippen molar-refractivity contribution in [3.63, 3.8) is 0 Å². The third-order valence-corrected chi connectivity index (χ3v) is 3.88. The molecule has 2 amide bonds. The molecule has 132 valence electrons. The number of carbonyl (C=O) groups excluding carboxylic acids is 2. The Kier molecular flexibility index (Phi) is 7.88. The van der Waals surface area contributed by atoms with E-state index >= 15 is 0 Å². The number of nitrogens with zero attached hydrogens (tertiary/aromatic N) is 2. The highest BCUT2D eigenvalue weighted by molar-refractivity contribution is 6.21. The van der Waals surface area contributed by atoms with Crippen molar-refractivity contribution < 1.29 is 19.5 Å². The number of carboxylic acids is 1. The van der Waals surface area contributed by atoms with Crippen LogP contribution in [0.1, 0.15) is 46.9 Å². The fourth-order valence-electron chi connectivity index (χ4n) is 2.82. The van der Waals surface area contributed by atoms with Gasteiger partial charge in [0.1, 0.15) is 0 Å². The Bertz CT molecular complexity index is 571. The highest BCUT2D eigenvalue weighted by atomic mass is 35.5. The summed E-state index contributed by atoms with van der Waals surface area (Å²) in [7, 11) is 0. The predicted molar refractivity (Wildman–Crippen MR) is 92.7 cm³/mol. The van der Waals surface area contributed by atoms with E-state index in [1.54, 1.807) is 24.3 Å². The Hall–Kier alpha value is -1.92. The zero-order valence-corrected chi connectivity index (χ0v) is 14.6. The van der Waals surface area contributed by atoms with Gasteiger partial charge in [-0.1, -0.05) is 19.1 Å². The van der Waals surface area contributed by atoms with Crippen molar-refractivity contribution >= 4 is 30.2 Å². The molecule has 1 aromatic rings. The largest absolute Gasteiger partial charge is 0.480 e. The summed E-state index contributed by atoms with van der Waals surface area (Å²) in [4.78, 5) is 38.4. The SMILES string of the molecule is CCCN(CCCCN1C(=O)c2ccccc2C1=O)CC(=O)O.Cl. The molecule has 7 heteroatoms. The first-order valence-electron chi connectivity index (χ1n) is 7.94. The van der Waals surface area contributed by atoms with Crippen molar-refractivity contribution in [3.8, 4) is 0 Å². The highest BCUT2D eigenvalue weighted by Crippen LogP contribution is 2.22. The molecule has 0 bridgehead atoms. The molecule has 0 saturated heterocycles. The Morgan fingerprint density at radius 2 is 1.67 bits per heavy atom. The van der Waals surface area contributed by atoms with Crippen molar-refractivity contribution in [2.45, 2.75) is 26.2 Å². The van der Waals surface area contributed by atoms with E-state index in [-0.39, 0.29) is 30.8 Å². The molecular weight excluding hydrogens is 332 g/mol. The van der Waals surface area contributed by atoms with Crippen LogP contribution in [0.5, 0.6) is 0 Å². The monoisotopic (exact) mass is 354 g/mol. The second-order valence-electron chi connectivity index (χ2n) is 5.68. The number of carboxylic acid groups (broad SMARTS) is 1. The number of aliphatic carboxylic acids is 1. The van der Waals surface area contributed by atoms with E-state index in [2.05, 4.69) is 0 Å². The number of rotatable bonds is 9. The molecule has 6 nitrogen and oxygen atoms in total. The fraction of sp³-hybridized carbons (Fsp3) is 0.471. The molecule has 1 aliphatic rings. The molecule has 0 aliphatic carbocycles. The maximum Gasteiger partial charge on any atom is 0.317 e. The van der Waals surface area contributed by atoms with Gasteiger partial charge < -0.3 is 5.11 Å². The molecule has 0 saturated carbocycles. The summed E-state index contributed by atoms with van der Waals surface area (Å²) in [5, 5.41) is 8.87. The standard InChI is InChI=1S/C17H22N2O4.ClH/c1-2-9-18(12-15(20)21)10-5-6-11-19-16(22)13-7-3-4-8-14(13)17(19)23;/h3-4,7-8H,2,5-6,9-12H2,1H3,(H,20,21);1H. The van der Waals surface area contributed by atoms with Crippen LogP contribution in [-0.4, -0.2) is 58.9 Å². The van der Waals surface area contributed by atoms with E-state index in [0.717, 1.165) is 19.4 Å². The first kappa shape index (κ1) is 20.1. The second kappa shape index (κ2) is 9.39. The fourth-order valence-corrected chi connectivity index (χ4v) is 2.82. The quantitative estimate of drug-likeness (QED) is 0.543. The molecule has 1 heterocycles. The van der Waals surface area contributed by atoms with Crippen molar-refractivity contribution in [1.29, 1.82) is 0 Å². The van der Waals surface area contributed by atoms with Gasteiger partial charge in [-0.3, -0.25) is 24.2 Å². The Labute approximate surface area is 147 Å². The van der Waals surface area contributed by atoms with Crippen LogP contribution in [0.4, 0.5) is 0 Å². The summed E-state index contributed by atoms with van der Waals surface area (Å²) in [6, 6.07) is 6.85. The number of hydrogen-bond acceptors (Lipinski definition) is 4. The van der Waals surface area contributed by atoms with E-state index in [0.29, 0.717) is 30.6 Å². The summed E-state index contributed by atoms with van der Waals surface area (Å²) in [5.74, 6) is -1.30. The van der Waals surface area contributed by atoms with Crippen LogP contribution in [0, 0.1) is 0 Å². The average molecular weight is 355 g/mol. The zero-order chi connectivity index (χ0) is 16.8. The van der Waals surface area contributed by atoms with Crippen molar-refractivity contribution in [3.05, 3.63) is 35.4 Å². The van der Waals surface area contributed by atoms with Crippen LogP contribution in [0.2, 0.25) is 0 Å². The van der Waals surface area contributed by atoms with E-state index in [9.17, 15) is 14.4 Å². The number of fused-ring (bicyclic) bond motifs is 1. The first-order valence-corrected chi connectivity index (χ1v) is 7.94. The Balaban J connectivity index is 0.00000288. The van der Waals surface area contributed by atoms with Crippen molar-refractivity contribution in [2.75, 3.05) is 26.2 Å². The van der Waals surface area contributed by atoms with Gasteiger partial charge in [0, 0.05) is 6.54 Å². The van der Waals surface area contributed by atoms with Gasteiger partial charge in [-0.2, -0.15) is 0 Å². The topological polar surface area (TPSA) is 77.9 Å². The van der Waals surface area contributed by atoms with E-state index in [1.807, 2.05) is 11.8 Å². The summed E-state index contributed by atoms with van der Waals surface area (Å²) in [5.41, 5.74) is 0.937. The molecule has 24 heavy (non-hydrogen) atoms. The number of imide groups is 1.